The fourth-order valence-corrected chi connectivity index (χ4v) is 8.59. The molecule has 0 aliphatic rings. The number of allylic oxidation sites excluding steroid dienone is 8. The molecule has 1 unspecified atom stereocenters. The second-order valence-electron chi connectivity index (χ2n) is 19.5. The van der Waals surface area contributed by atoms with Gasteiger partial charge in [-0.25, -0.2) is 0 Å². The summed E-state index contributed by atoms with van der Waals surface area (Å²) in [6, 6.07) is 0. The molecular weight excluding hydrogens is 813 g/mol. The topological polar surface area (TPSA) is 61.8 Å². The van der Waals surface area contributed by atoms with E-state index in [0.29, 0.717) is 25.9 Å². The van der Waals surface area contributed by atoms with Crippen LogP contribution in [0.4, 0.5) is 0 Å². The summed E-state index contributed by atoms with van der Waals surface area (Å²) >= 11 is 0. The zero-order chi connectivity index (χ0) is 47.7. The highest BCUT2D eigenvalue weighted by molar-refractivity contribution is 5.70. The largest absolute Gasteiger partial charge is 0.462 e. The molecule has 0 N–H and O–H groups in total. The van der Waals surface area contributed by atoms with E-state index < -0.39 is 6.10 Å². The maximum Gasteiger partial charge on any atom is 0.306 e. The molecule has 0 aliphatic carbocycles. The number of hydrogen-bond donors (Lipinski definition) is 0. The van der Waals surface area contributed by atoms with Crippen LogP contribution in [0.5, 0.6) is 0 Å². The van der Waals surface area contributed by atoms with E-state index in [9.17, 15) is 9.59 Å². The summed E-state index contributed by atoms with van der Waals surface area (Å²) < 4.78 is 17.4. The maximum absolute atomic E-state index is 12.8. The quantitative estimate of drug-likeness (QED) is 0.0345. The van der Waals surface area contributed by atoms with E-state index in [1.807, 2.05) is 6.08 Å². The van der Waals surface area contributed by atoms with Gasteiger partial charge in [-0.2, -0.15) is 0 Å². The average Bonchev–Trinajstić information content (AvgIpc) is 3.32. The zero-order valence-electron chi connectivity index (χ0n) is 44.5. The van der Waals surface area contributed by atoms with E-state index >= 15 is 0 Å². The minimum Gasteiger partial charge on any atom is -0.462 e. The van der Waals surface area contributed by atoms with Crippen molar-refractivity contribution in [1.29, 1.82) is 0 Å². The van der Waals surface area contributed by atoms with E-state index in [0.717, 1.165) is 51.4 Å². The third kappa shape index (κ3) is 54.5. The molecule has 0 rings (SSSR count). The number of hydrogen-bond acceptors (Lipinski definition) is 5. The molecule has 5 heteroatoms. The second kappa shape index (κ2) is 57.2. The normalized spacial score (nSPS) is 12.5. The molecule has 0 aromatic heterocycles. The molecule has 0 aliphatic heterocycles. The molecule has 5 nitrogen and oxygen atoms in total. The number of rotatable bonds is 54. The van der Waals surface area contributed by atoms with Gasteiger partial charge < -0.3 is 14.2 Å². The first-order valence-electron chi connectivity index (χ1n) is 29.2. The summed E-state index contributed by atoms with van der Waals surface area (Å²) in [4.78, 5) is 25.4. The summed E-state index contributed by atoms with van der Waals surface area (Å²) in [6.45, 7) is 7.70. The van der Waals surface area contributed by atoms with Gasteiger partial charge in [0.25, 0.3) is 0 Å². The standard InChI is InChI=1S/C61H112O5/c1-4-7-10-13-16-19-22-25-27-29-31-32-34-37-39-42-45-48-51-54-60(62)65-58-59(66-61(63)55-52-49-46-43-40-36-24-21-18-15-12-9-6-3)57-64-56-53-50-47-44-41-38-35-33-30-28-26-23-20-17-14-11-8-5-2/h9,12,18,21,36,40,46,49,59H,4-8,10-11,13-17,19-20,22-35,37-39,41-45,47-48,50-58H2,1-3H3/b12-9-,21-18-,40-36-,49-46-. The third-order valence-electron chi connectivity index (χ3n) is 12.9. The lowest BCUT2D eigenvalue weighted by Gasteiger charge is -2.18. The molecule has 0 heterocycles. The highest BCUT2D eigenvalue weighted by atomic mass is 16.6. The monoisotopic (exact) mass is 925 g/mol. The molecule has 0 bridgehead atoms. The molecule has 0 saturated heterocycles. The van der Waals surface area contributed by atoms with Gasteiger partial charge in [0.05, 0.1) is 6.61 Å². The van der Waals surface area contributed by atoms with Crippen molar-refractivity contribution in [3.8, 4) is 0 Å². The Morgan fingerprint density at radius 1 is 0.348 bits per heavy atom. The van der Waals surface area contributed by atoms with Crippen LogP contribution in [-0.4, -0.2) is 37.9 Å². The van der Waals surface area contributed by atoms with Crippen molar-refractivity contribution in [1.82, 2.24) is 0 Å². The van der Waals surface area contributed by atoms with E-state index in [1.165, 1.54) is 212 Å². The number of carbonyl (C=O) groups is 2. The molecular formula is C61H112O5. The summed E-state index contributed by atoms with van der Waals surface area (Å²) in [5.74, 6) is -0.472. The van der Waals surface area contributed by atoms with E-state index in [-0.39, 0.29) is 25.2 Å². The highest BCUT2D eigenvalue weighted by Gasteiger charge is 2.17. The zero-order valence-corrected chi connectivity index (χ0v) is 44.5. The molecule has 0 fully saturated rings. The number of esters is 2. The maximum atomic E-state index is 12.8. The van der Waals surface area contributed by atoms with Crippen LogP contribution >= 0.6 is 0 Å². The van der Waals surface area contributed by atoms with Gasteiger partial charge in [0.15, 0.2) is 6.10 Å². The van der Waals surface area contributed by atoms with Gasteiger partial charge in [-0.1, -0.05) is 294 Å². The Balaban J connectivity index is 4.24. The number of ether oxygens (including phenoxy) is 3. The van der Waals surface area contributed by atoms with Gasteiger partial charge in [-0.15, -0.1) is 0 Å². The van der Waals surface area contributed by atoms with Crippen molar-refractivity contribution >= 4 is 11.9 Å². The van der Waals surface area contributed by atoms with Crippen LogP contribution in [0, 0.1) is 0 Å². The van der Waals surface area contributed by atoms with Gasteiger partial charge in [0.2, 0.25) is 0 Å². The Morgan fingerprint density at radius 2 is 0.682 bits per heavy atom. The van der Waals surface area contributed by atoms with Crippen LogP contribution in [0.2, 0.25) is 0 Å². The van der Waals surface area contributed by atoms with Crippen LogP contribution in [-0.2, 0) is 23.8 Å². The molecule has 0 saturated carbocycles. The summed E-state index contributed by atoms with van der Waals surface area (Å²) in [6.07, 6.45) is 71.6. The van der Waals surface area contributed by atoms with Gasteiger partial charge >= 0.3 is 11.9 Å². The Bertz CT molecular complexity index is 1090. The van der Waals surface area contributed by atoms with Gasteiger partial charge in [-0.3, -0.25) is 9.59 Å². The molecule has 0 amide bonds. The van der Waals surface area contributed by atoms with Crippen LogP contribution in [0.25, 0.3) is 0 Å². The Hall–Kier alpha value is -2.14. The smallest absolute Gasteiger partial charge is 0.306 e. The molecule has 0 aromatic rings. The first-order chi connectivity index (χ1) is 32.6. The van der Waals surface area contributed by atoms with Crippen molar-refractivity contribution in [2.45, 2.75) is 309 Å². The lowest BCUT2D eigenvalue weighted by molar-refractivity contribution is -0.162. The SMILES string of the molecule is CC/C=C\C/C=C\C/C=C\C/C=C\CCC(=O)OC(COCCCCCCCCCCCCCCCCCCCC)COC(=O)CCCCCCCCCCCCCCCCCCCCC. The van der Waals surface area contributed by atoms with Crippen molar-refractivity contribution in [3.63, 3.8) is 0 Å². The Labute approximate surface area is 412 Å². The molecule has 66 heavy (non-hydrogen) atoms. The number of carbonyl (C=O) groups excluding carboxylic acids is 2. The molecule has 0 radical (unpaired) electrons. The lowest BCUT2D eigenvalue weighted by Crippen LogP contribution is -2.30. The van der Waals surface area contributed by atoms with Gasteiger partial charge in [-0.05, 0) is 44.9 Å². The molecule has 386 valence electrons. The van der Waals surface area contributed by atoms with Crippen molar-refractivity contribution < 1.29 is 23.8 Å². The second-order valence-corrected chi connectivity index (χ2v) is 19.5. The minimum atomic E-state index is -0.570. The molecule has 1 atom stereocenters. The Morgan fingerprint density at radius 3 is 1.06 bits per heavy atom. The average molecular weight is 926 g/mol. The minimum absolute atomic E-state index is 0.0623. The number of unbranched alkanes of at least 4 members (excludes halogenated alkanes) is 35. The molecule has 0 aromatic carbocycles. The van der Waals surface area contributed by atoms with Crippen LogP contribution < -0.4 is 0 Å². The summed E-state index contributed by atoms with van der Waals surface area (Å²) in [5, 5.41) is 0. The predicted molar refractivity (Wildman–Crippen MR) is 288 cm³/mol. The van der Waals surface area contributed by atoms with Crippen molar-refractivity contribution in [3.05, 3.63) is 48.6 Å². The first kappa shape index (κ1) is 63.9. The fourth-order valence-electron chi connectivity index (χ4n) is 8.59. The fraction of sp³-hybridized carbons (Fsp3) is 0.836. The predicted octanol–water partition coefficient (Wildman–Crippen LogP) is 19.9. The van der Waals surface area contributed by atoms with E-state index in [1.54, 1.807) is 0 Å². The van der Waals surface area contributed by atoms with Crippen molar-refractivity contribution in [2.75, 3.05) is 19.8 Å². The first-order valence-corrected chi connectivity index (χ1v) is 29.2. The van der Waals surface area contributed by atoms with E-state index in [2.05, 4.69) is 63.3 Å². The van der Waals surface area contributed by atoms with Gasteiger partial charge in [0, 0.05) is 19.4 Å². The van der Waals surface area contributed by atoms with Crippen LogP contribution in [0.3, 0.4) is 0 Å². The van der Waals surface area contributed by atoms with Crippen LogP contribution in [0.1, 0.15) is 303 Å². The van der Waals surface area contributed by atoms with Crippen molar-refractivity contribution in [2.24, 2.45) is 0 Å². The van der Waals surface area contributed by atoms with Gasteiger partial charge in [0.1, 0.15) is 6.61 Å². The Kier molecular flexibility index (Phi) is 55.3. The summed E-state index contributed by atoms with van der Waals surface area (Å²) in [7, 11) is 0. The van der Waals surface area contributed by atoms with Crippen LogP contribution in [0.15, 0.2) is 48.6 Å². The third-order valence-corrected chi connectivity index (χ3v) is 12.9. The molecule has 0 spiro atoms. The van der Waals surface area contributed by atoms with E-state index in [4.69, 9.17) is 14.2 Å². The highest BCUT2D eigenvalue weighted by Crippen LogP contribution is 2.17. The lowest BCUT2D eigenvalue weighted by atomic mass is 10.0. The summed E-state index contributed by atoms with van der Waals surface area (Å²) in [5.41, 5.74) is 0.